The van der Waals surface area contributed by atoms with Gasteiger partial charge in [0.2, 0.25) is 5.91 Å². The summed E-state index contributed by atoms with van der Waals surface area (Å²) in [5, 5.41) is 4.07. The number of nitrogens with two attached hydrogens (primary N) is 1. The summed E-state index contributed by atoms with van der Waals surface area (Å²) in [4.78, 5) is 12.7. The number of carbonyl (C=O) groups excluding carboxylic acids is 1. The van der Waals surface area contributed by atoms with E-state index in [1.807, 2.05) is 0 Å². The Labute approximate surface area is 137 Å². The van der Waals surface area contributed by atoms with Gasteiger partial charge >= 0.3 is 0 Å². The number of anilines is 2. The van der Waals surface area contributed by atoms with Crippen LogP contribution in [-0.4, -0.2) is 11.7 Å². The number of thioether (sulfide) groups is 1. The predicted molar refractivity (Wildman–Crippen MR) is 91.3 cm³/mol. The van der Waals surface area contributed by atoms with Crippen LogP contribution in [0.5, 0.6) is 0 Å². The average Bonchev–Trinajstić information content (AvgIpc) is 2.42. The normalized spacial score (nSPS) is 10.4. The Hall–Kier alpha value is -1.36. The van der Waals surface area contributed by atoms with Gasteiger partial charge < -0.3 is 11.1 Å². The number of hydrogen-bond acceptors (Lipinski definition) is 3. The van der Waals surface area contributed by atoms with E-state index in [9.17, 15) is 4.79 Å². The molecular formula is C15H14Cl2N2OS. The molecule has 0 bridgehead atoms. The first kappa shape index (κ1) is 16.0. The topological polar surface area (TPSA) is 55.1 Å². The number of rotatable bonds is 5. The second-order valence-corrected chi connectivity index (χ2v) is 6.33. The predicted octanol–water partition coefficient (Wildman–Crippen LogP) is 4.70. The van der Waals surface area contributed by atoms with Gasteiger partial charge in [0.05, 0.1) is 5.02 Å². The third-order valence-electron chi connectivity index (χ3n) is 2.65. The zero-order chi connectivity index (χ0) is 15.2. The minimum absolute atomic E-state index is 0.0637. The van der Waals surface area contributed by atoms with Gasteiger partial charge in [-0.25, -0.2) is 0 Å². The van der Waals surface area contributed by atoms with Crippen LogP contribution < -0.4 is 11.1 Å². The molecule has 0 saturated heterocycles. The number of nitrogens with one attached hydrogen (secondary N) is 1. The smallest absolute Gasteiger partial charge is 0.225 e. The quantitative estimate of drug-likeness (QED) is 0.612. The van der Waals surface area contributed by atoms with Crippen molar-refractivity contribution in [2.24, 2.45) is 0 Å². The number of halogens is 2. The molecule has 110 valence electrons. The van der Waals surface area contributed by atoms with Crippen molar-refractivity contribution >= 4 is 52.2 Å². The van der Waals surface area contributed by atoms with E-state index < -0.39 is 0 Å². The minimum Gasteiger partial charge on any atom is -0.399 e. The molecule has 0 aliphatic rings. The fourth-order valence-electron chi connectivity index (χ4n) is 1.68. The highest BCUT2D eigenvalue weighted by molar-refractivity contribution is 7.99. The Bertz CT molecular complexity index is 649. The molecule has 3 N–H and O–H groups in total. The molecule has 0 saturated carbocycles. The molecule has 2 rings (SSSR count). The zero-order valence-electron chi connectivity index (χ0n) is 11.1. The van der Waals surface area contributed by atoms with Gasteiger partial charge in [-0.05, 0) is 36.4 Å². The first-order valence-electron chi connectivity index (χ1n) is 6.28. The fraction of sp³-hybridized carbons (Fsp3) is 0.133. The van der Waals surface area contributed by atoms with Crippen LogP contribution in [0.3, 0.4) is 0 Å². The highest BCUT2D eigenvalue weighted by Gasteiger charge is 2.06. The molecule has 2 aromatic carbocycles. The minimum atomic E-state index is -0.0637. The van der Waals surface area contributed by atoms with E-state index in [2.05, 4.69) is 5.32 Å². The van der Waals surface area contributed by atoms with E-state index in [-0.39, 0.29) is 5.91 Å². The highest BCUT2D eigenvalue weighted by Crippen LogP contribution is 2.30. The maximum absolute atomic E-state index is 11.8. The van der Waals surface area contributed by atoms with Crippen molar-refractivity contribution in [2.75, 3.05) is 16.8 Å². The number of amides is 1. The summed E-state index contributed by atoms with van der Waals surface area (Å²) in [5.74, 6) is 0.556. The Kier molecular flexibility index (Phi) is 5.79. The molecule has 0 spiro atoms. The van der Waals surface area contributed by atoms with Crippen molar-refractivity contribution in [2.45, 2.75) is 11.3 Å². The molecule has 6 heteroatoms. The molecule has 1 amide bonds. The van der Waals surface area contributed by atoms with Crippen molar-refractivity contribution < 1.29 is 4.79 Å². The maximum Gasteiger partial charge on any atom is 0.225 e. The van der Waals surface area contributed by atoms with Gasteiger partial charge in [-0.1, -0.05) is 29.3 Å². The Morgan fingerprint density at radius 3 is 2.76 bits per heavy atom. The molecule has 3 nitrogen and oxygen atoms in total. The first-order valence-corrected chi connectivity index (χ1v) is 8.02. The highest BCUT2D eigenvalue weighted by atomic mass is 35.5. The van der Waals surface area contributed by atoms with Crippen LogP contribution in [0, 0.1) is 0 Å². The molecule has 0 fully saturated rings. The summed E-state index contributed by atoms with van der Waals surface area (Å²) in [6.45, 7) is 0. The van der Waals surface area contributed by atoms with Gasteiger partial charge in [0, 0.05) is 33.5 Å². The lowest BCUT2D eigenvalue weighted by Gasteiger charge is -2.07. The Balaban J connectivity index is 1.83. The van der Waals surface area contributed by atoms with Crippen LogP contribution in [0.2, 0.25) is 10.0 Å². The summed E-state index contributed by atoms with van der Waals surface area (Å²) in [6.07, 6.45) is 0.377. The first-order chi connectivity index (χ1) is 10.0. The van der Waals surface area contributed by atoms with E-state index in [1.54, 1.807) is 42.5 Å². The SMILES string of the molecule is Nc1cccc(NC(=O)CCSc2cc(Cl)ccc2Cl)c1. The van der Waals surface area contributed by atoms with Crippen LogP contribution in [-0.2, 0) is 4.79 Å². The second-order valence-electron chi connectivity index (χ2n) is 4.35. The van der Waals surface area contributed by atoms with Crippen molar-refractivity contribution in [3.05, 3.63) is 52.5 Å². The summed E-state index contributed by atoms with van der Waals surface area (Å²) >= 11 is 13.5. The number of benzene rings is 2. The summed E-state index contributed by atoms with van der Waals surface area (Å²) < 4.78 is 0. The summed E-state index contributed by atoms with van der Waals surface area (Å²) in [7, 11) is 0. The van der Waals surface area contributed by atoms with Crippen LogP contribution in [0.25, 0.3) is 0 Å². The summed E-state index contributed by atoms with van der Waals surface area (Å²) in [6, 6.07) is 12.4. The lowest BCUT2D eigenvalue weighted by Crippen LogP contribution is -2.12. The van der Waals surface area contributed by atoms with Gasteiger partial charge in [-0.2, -0.15) is 0 Å². The molecular weight excluding hydrogens is 327 g/mol. The fourth-order valence-corrected chi connectivity index (χ4v) is 3.12. The van der Waals surface area contributed by atoms with Gasteiger partial charge in [-0.3, -0.25) is 4.79 Å². The summed E-state index contributed by atoms with van der Waals surface area (Å²) in [5.41, 5.74) is 6.98. The third kappa shape index (κ3) is 5.16. The molecule has 0 aliphatic heterocycles. The van der Waals surface area contributed by atoms with Crippen molar-refractivity contribution in [3.8, 4) is 0 Å². The van der Waals surface area contributed by atoms with Gasteiger partial charge in [0.1, 0.15) is 0 Å². The number of carbonyl (C=O) groups is 1. The average molecular weight is 341 g/mol. The van der Waals surface area contributed by atoms with Gasteiger partial charge in [0.15, 0.2) is 0 Å². The third-order valence-corrected chi connectivity index (χ3v) is 4.38. The standard InChI is InChI=1S/C15H14Cl2N2OS/c16-10-4-5-13(17)14(8-10)21-7-6-15(20)19-12-3-1-2-11(18)9-12/h1-5,8-9H,6-7,18H2,(H,19,20). The second kappa shape index (κ2) is 7.59. The van der Waals surface area contributed by atoms with E-state index in [4.69, 9.17) is 28.9 Å². The van der Waals surface area contributed by atoms with Gasteiger partial charge in [-0.15, -0.1) is 11.8 Å². The van der Waals surface area contributed by atoms with Crippen molar-refractivity contribution in [1.82, 2.24) is 0 Å². The molecule has 2 aromatic rings. The van der Waals surface area contributed by atoms with E-state index in [1.165, 1.54) is 11.8 Å². The van der Waals surface area contributed by atoms with Crippen molar-refractivity contribution in [1.29, 1.82) is 0 Å². The maximum atomic E-state index is 11.8. The van der Waals surface area contributed by atoms with Crippen LogP contribution >= 0.6 is 35.0 Å². The van der Waals surface area contributed by atoms with E-state index in [0.717, 1.165) is 4.90 Å². The molecule has 21 heavy (non-hydrogen) atoms. The Morgan fingerprint density at radius 1 is 1.19 bits per heavy atom. The molecule has 0 aromatic heterocycles. The lowest BCUT2D eigenvalue weighted by molar-refractivity contribution is -0.115. The monoisotopic (exact) mass is 340 g/mol. The van der Waals surface area contributed by atoms with E-state index in [0.29, 0.717) is 33.6 Å². The van der Waals surface area contributed by atoms with Crippen LogP contribution in [0.1, 0.15) is 6.42 Å². The van der Waals surface area contributed by atoms with Crippen molar-refractivity contribution in [3.63, 3.8) is 0 Å². The molecule has 0 radical (unpaired) electrons. The molecule has 0 atom stereocenters. The number of hydrogen-bond donors (Lipinski definition) is 2. The zero-order valence-corrected chi connectivity index (χ0v) is 13.4. The largest absolute Gasteiger partial charge is 0.399 e. The van der Waals surface area contributed by atoms with Gasteiger partial charge in [0.25, 0.3) is 0 Å². The van der Waals surface area contributed by atoms with E-state index >= 15 is 0 Å². The van der Waals surface area contributed by atoms with Crippen LogP contribution in [0.4, 0.5) is 11.4 Å². The Morgan fingerprint density at radius 2 is 2.00 bits per heavy atom. The molecule has 0 unspecified atom stereocenters. The molecule has 0 aliphatic carbocycles. The molecule has 0 heterocycles. The van der Waals surface area contributed by atoms with Crippen LogP contribution in [0.15, 0.2) is 47.4 Å². The number of nitrogen functional groups attached to an aromatic ring is 1. The lowest BCUT2D eigenvalue weighted by atomic mass is 10.3.